The smallest absolute Gasteiger partial charge is 0.337 e. The molecule has 5 aromatic rings. The Bertz CT molecular complexity index is 1920. The number of hydrogen-bond donors (Lipinski definition) is 1. The summed E-state index contributed by atoms with van der Waals surface area (Å²) in [6.45, 7) is 11.6. The fourth-order valence-electron chi connectivity index (χ4n) is 6.02. The molecule has 3 aromatic carbocycles. The number of carboxylic acid groups (broad SMARTS) is 1. The molecule has 7 nitrogen and oxygen atoms in total. The first-order valence-corrected chi connectivity index (χ1v) is 14.8. The predicted molar refractivity (Wildman–Crippen MR) is 168 cm³/mol. The molecule has 1 atom stereocenters. The van der Waals surface area contributed by atoms with Crippen molar-refractivity contribution >= 4 is 11.6 Å². The Morgan fingerprint density at radius 1 is 1.02 bits per heavy atom. The minimum absolute atomic E-state index is 0.260. The topological polar surface area (TPSA) is 86.0 Å². The molecule has 0 unspecified atom stereocenters. The van der Waals surface area contributed by atoms with Crippen molar-refractivity contribution in [1.82, 2.24) is 14.6 Å². The second kappa shape index (κ2) is 11.2. The molecule has 0 spiro atoms. The van der Waals surface area contributed by atoms with Crippen LogP contribution >= 0.6 is 0 Å². The number of halogens is 1. The van der Waals surface area contributed by atoms with Crippen LogP contribution in [0.2, 0.25) is 0 Å². The summed E-state index contributed by atoms with van der Waals surface area (Å²) in [6.07, 6.45) is 0.0578. The van der Waals surface area contributed by atoms with E-state index in [4.69, 9.17) is 19.6 Å². The monoisotopic (exact) mass is 593 g/mol. The second-order valence-electron chi connectivity index (χ2n) is 12.4. The summed E-state index contributed by atoms with van der Waals surface area (Å²) >= 11 is 0. The van der Waals surface area contributed by atoms with Gasteiger partial charge in [-0.3, -0.25) is 0 Å². The van der Waals surface area contributed by atoms with E-state index in [1.807, 2.05) is 31.2 Å². The van der Waals surface area contributed by atoms with Gasteiger partial charge in [-0.25, -0.2) is 18.7 Å². The molecule has 0 radical (unpaired) electrons. The number of ether oxygens (including phenoxy) is 2. The summed E-state index contributed by atoms with van der Waals surface area (Å²) in [5.41, 5.74) is 7.96. The molecule has 0 saturated heterocycles. The van der Waals surface area contributed by atoms with E-state index in [1.165, 1.54) is 11.6 Å². The molecule has 226 valence electrons. The van der Waals surface area contributed by atoms with Gasteiger partial charge in [0.2, 0.25) is 0 Å². The summed E-state index contributed by atoms with van der Waals surface area (Å²) in [6, 6.07) is 19.7. The van der Waals surface area contributed by atoms with Gasteiger partial charge in [0, 0.05) is 34.0 Å². The highest BCUT2D eigenvalue weighted by Crippen LogP contribution is 2.42. The van der Waals surface area contributed by atoms with Crippen molar-refractivity contribution in [3.05, 3.63) is 94.4 Å². The third-order valence-electron chi connectivity index (χ3n) is 7.99. The number of carbonyl (C=O) groups is 1. The lowest BCUT2D eigenvalue weighted by atomic mass is 9.91. The van der Waals surface area contributed by atoms with E-state index in [-0.39, 0.29) is 5.75 Å². The first-order chi connectivity index (χ1) is 20.9. The lowest BCUT2D eigenvalue weighted by Gasteiger charge is -2.28. The number of aliphatic carboxylic acids is 1. The van der Waals surface area contributed by atoms with Gasteiger partial charge in [0.25, 0.3) is 0 Å². The van der Waals surface area contributed by atoms with Crippen LogP contribution in [0.25, 0.3) is 39.3 Å². The predicted octanol–water partition coefficient (Wildman–Crippen LogP) is 8.06. The van der Waals surface area contributed by atoms with Crippen LogP contribution in [0.15, 0.2) is 60.7 Å². The summed E-state index contributed by atoms with van der Waals surface area (Å²) in [7, 11) is 0. The summed E-state index contributed by atoms with van der Waals surface area (Å²) in [5, 5.41) is 15.4. The average molecular weight is 594 g/mol. The fourth-order valence-corrected chi connectivity index (χ4v) is 6.02. The van der Waals surface area contributed by atoms with Gasteiger partial charge in [0.05, 0.1) is 23.6 Å². The number of rotatable bonds is 6. The van der Waals surface area contributed by atoms with E-state index in [0.717, 1.165) is 34.2 Å². The lowest BCUT2D eigenvalue weighted by molar-refractivity contribution is -0.160. The van der Waals surface area contributed by atoms with Gasteiger partial charge in [-0.15, -0.1) is 0 Å². The third-order valence-corrected chi connectivity index (χ3v) is 7.99. The van der Waals surface area contributed by atoms with Gasteiger partial charge >= 0.3 is 5.97 Å². The summed E-state index contributed by atoms with van der Waals surface area (Å²) in [5.74, 6) is -1.39. The number of aryl methyl sites for hydroxylation is 2. The molecule has 2 aromatic heterocycles. The Hall–Kier alpha value is -4.56. The molecule has 0 fully saturated rings. The average Bonchev–Trinajstić information content (AvgIpc) is 3.40. The fraction of sp³-hybridized carbons (Fsp3) is 0.306. The van der Waals surface area contributed by atoms with Gasteiger partial charge in [-0.2, -0.15) is 5.10 Å². The minimum Gasteiger partial charge on any atom is -0.490 e. The Labute approximate surface area is 256 Å². The van der Waals surface area contributed by atoms with Gasteiger partial charge < -0.3 is 14.6 Å². The number of fused-ring (bicyclic) bond motifs is 2. The molecular formula is C36H36FN3O4. The van der Waals surface area contributed by atoms with Crippen molar-refractivity contribution in [3.8, 4) is 39.4 Å². The number of carboxylic acids is 1. The highest BCUT2D eigenvalue weighted by atomic mass is 19.1. The van der Waals surface area contributed by atoms with Crippen molar-refractivity contribution in [2.24, 2.45) is 0 Å². The van der Waals surface area contributed by atoms with Crippen molar-refractivity contribution < 1.29 is 23.8 Å². The molecule has 6 rings (SSSR count). The van der Waals surface area contributed by atoms with E-state index in [9.17, 15) is 9.90 Å². The van der Waals surface area contributed by atoms with Gasteiger partial charge in [0.15, 0.2) is 23.3 Å². The highest BCUT2D eigenvalue weighted by molar-refractivity contribution is 5.83. The molecule has 1 N–H and O–H groups in total. The van der Waals surface area contributed by atoms with Crippen LogP contribution < -0.4 is 4.74 Å². The maximum absolute atomic E-state index is 15.6. The second-order valence-corrected chi connectivity index (χ2v) is 12.4. The van der Waals surface area contributed by atoms with E-state index in [1.54, 1.807) is 32.2 Å². The van der Waals surface area contributed by atoms with Gasteiger partial charge in [-0.1, -0.05) is 48.0 Å². The molecule has 8 heteroatoms. The largest absolute Gasteiger partial charge is 0.490 e. The first kappa shape index (κ1) is 29.5. The Balaban J connectivity index is 1.62. The zero-order valence-electron chi connectivity index (χ0n) is 25.9. The third kappa shape index (κ3) is 5.46. The normalized spacial score (nSPS) is 13.9. The molecular weight excluding hydrogens is 557 g/mol. The van der Waals surface area contributed by atoms with E-state index in [2.05, 4.69) is 37.3 Å². The van der Waals surface area contributed by atoms with E-state index >= 15 is 4.39 Å². The minimum atomic E-state index is -1.37. The summed E-state index contributed by atoms with van der Waals surface area (Å²) < 4.78 is 29.1. The standard InChI is InChI=1S/C36H36FN3O4/c1-20-10-7-11-23(16-20)24-12-8-13-25(17-24)29-19-30-38-22(3)31(34(35(41)42)44-36(4,5)6)32(40(30)39-29)27-18-28(37)33-26(21(27)2)14-9-15-43-33/h7-8,10-13,16-19,34H,9,14-15H2,1-6H3,(H,41,42)/t34-/m0/s1. The number of benzene rings is 3. The van der Waals surface area contributed by atoms with Crippen molar-refractivity contribution in [3.63, 3.8) is 0 Å². The maximum atomic E-state index is 15.6. The van der Waals surface area contributed by atoms with Gasteiger partial charge in [-0.05, 0) is 83.2 Å². The van der Waals surface area contributed by atoms with E-state index in [0.29, 0.717) is 46.9 Å². The molecule has 1 aliphatic rings. The van der Waals surface area contributed by atoms with Crippen molar-refractivity contribution in [1.29, 1.82) is 0 Å². The molecule has 3 heterocycles. The van der Waals surface area contributed by atoms with Crippen LogP contribution in [0.3, 0.4) is 0 Å². The molecule has 0 amide bonds. The van der Waals surface area contributed by atoms with Crippen LogP contribution in [0.5, 0.6) is 5.75 Å². The number of hydrogen-bond acceptors (Lipinski definition) is 5. The van der Waals surface area contributed by atoms with Crippen LogP contribution in [0.4, 0.5) is 4.39 Å². The number of nitrogens with zero attached hydrogens (tertiary/aromatic N) is 3. The Kier molecular flexibility index (Phi) is 7.49. The van der Waals surface area contributed by atoms with Crippen LogP contribution in [0.1, 0.15) is 61.2 Å². The molecule has 1 aliphatic heterocycles. The number of aromatic nitrogens is 3. The van der Waals surface area contributed by atoms with Gasteiger partial charge in [0.1, 0.15) is 0 Å². The Morgan fingerprint density at radius 2 is 1.73 bits per heavy atom. The zero-order chi connectivity index (χ0) is 31.3. The molecule has 44 heavy (non-hydrogen) atoms. The highest BCUT2D eigenvalue weighted by Gasteiger charge is 2.34. The van der Waals surface area contributed by atoms with Crippen molar-refractivity contribution in [2.45, 2.75) is 66.1 Å². The maximum Gasteiger partial charge on any atom is 0.337 e. The van der Waals surface area contributed by atoms with Crippen molar-refractivity contribution in [2.75, 3.05) is 6.61 Å². The summed E-state index contributed by atoms with van der Waals surface area (Å²) in [4.78, 5) is 17.6. The van der Waals surface area contributed by atoms with Crippen LogP contribution in [0, 0.1) is 26.6 Å². The van der Waals surface area contributed by atoms with E-state index < -0.39 is 23.5 Å². The van der Waals surface area contributed by atoms with Crippen LogP contribution in [-0.4, -0.2) is 37.9 Å². The lowest BCUT2D eigenvalue weighted by Crippen LogP contribution is -2.29. The molecule has 0 saturated carbocycles. The Morgan fingerprint density at radius 3 is 2.43 bits per heavy atom. The zero-order valence-corrected chi connectivity index (χ0v) is 25.9. The molecule has 0 bridgehead atoms. The SMILES string of the molecule is Cc1cccc(-c2cccc(-c3cc4nc(C)c([C@H](OC(C)(C)C)C(=O)O)c(-c5cc(F)c6c(c5C)CCCO6)n4n3)c2)c1. The quantitative estimate of drug-likeness (QED) is 0.214. The first-order valence-electron chi connectivity index (χ1n) is 14.8. The van der Waals surface area contributed by atoms with Crippen LogP contribution in [-0.2, 0) is 16.0 Å². The molecule has 0 aliphatic carbocycles.